The van der Waals surface area contributed by atoms with Crippen molar-refractivity contribution in [3.8, 4) is 0 Å². The molecule has 2 nitrogen and oxygen atoms in total. The van der Waals surface area contributed by atoms with E-state index >= 15 is 0 Å². The van der Waals surface area contributed by atoms with Crippen LogP contribution in [0, 0.1) is 0 Å². The minimum atomic E-state index is -0.146. The SMILES string of the molecule is CCc1cccc(CC)c1NC(=O)CCl. The highest BCUT2D eigenvalue weighted by molar-refractivity contribution is 6.29. The lowest BCUT2D eigenvalue weighted by atomic mass is 10.0. The standard InChI is InChI=1S/C12H16ClNO/c1-3-9-6-5-7-10(4-2)12(9)14-11(15)8-13/h5-7H,3-4,8H2,1-2H3,(H,14,15). The van der Waals surface area contributed by atoms with Gasteiger partial charge in [-0.15, -0.1) is 11.6 Å². The van der Waals surface area contributed by atoms with E-state index in [1.807, 2.05) is 18.2 Å². The van der Waals surface area contributed by atoms with Gasteiger partial charge in [-0.25, -0.2) is 0 Å². The minimum Gasteiger partial charge on any atom is -0.325 e. The molecule has 0 bridgehead atoms. The van der Waals surface area contributed by atoms with Crippen molar-refractivity contribution in [1.82, 2.24) is 0 Å². The van der Waals surface area contributed by atoms with Crippen molar-refractivity contribution in [1.29, 1.82) is 0 Å². The van der Waals surface area contributed by atoms with Crippen molar-refractivity contribution >= 4 is 23.2 Å². The summed E-state index contributed by atoms with van der Waals surface area (Å²) in [6.07, 6.45) is 1.82. The summed E-state index contributed by atoms with van der Waals surface area (Å²) in [5, 5.41) is 2.86. The molecule has 0 aliphatic carbocycles. The van der Waals surface area contributed by atoms with Gasteiger partial charge >= 0.3 is 0 Å². The zero-order valence-corrected chi connectivity index (χ0v) is 9.90. The third-order valence-electron chi connectivity index (χ3n) is 2.38. The quantitative estimate of drug-likeness (QED) is 0.785. The number of alkyl halides is 1. The molecule has 0 aromatic heterocycles. The highest BCUT2D eigenvalue weighted by atomic mass is 35.5. The Hall–Kier alpha value is -1.02. The molecule has 1 aromatic carbocycles. The smallest absolute Gasteiger partial charge is 0.239 e. The number of aryl methyl sites for hydroxylation is 2. The van der Waals surface area contributed by atoms with Gasteiger partial charge in [-0.3, -0.25) is 4.79 Å². The van der Waals surface area contributed by atoms with E-state index < -0.39 is 0 Å². The predicted molar refractivity (Wildman–Crippen MR) is 64.5 cm³/mol. The topological polar surface area (TPSA) is 29.1 Å². The van der Waals surface area contributed by atoms with Gasteiger partial charge < -0.3 is 5.32 Å². The molecule has 82 valence electrons. The summed E-state index contributed by atoms with van der Waals surface area (Å²) >= 11 is 5.48. The van der Waals surface area contributed by atoms with Crippen LogP contribution in [0.1, 0.15) is 25.0 Å². The maximum absolute atomic E-state index is 11.3. The van der Waals surface area contributed by atoms with Crippen molar-refractivity contribution in [3.05, 3.63) is 29.3 Å². The van der Waals surface area contributed by atoms with Crippen LogP contribution in [0.25, 0.3) is 0 Å². The first kappa shape index (κ1) is 12.1. The van der Waals surface area contributed by atoms with E-state index in [1.54, 1.807) is 0 Å². The number of nitrogens with one attached hydrogen (secondary N) is 1. The van der Waals surface area contributed by atoms with Gasteiger partial charge in [0.1, 0.15) is 5.88 Å². The third kappa shape index (κ3) is 2.96. The van der Waals surface area contributed by atoms with Gasteiger partial charge in [0.2, 0.25) is 5.91 Å². The van der Waals surface area contributed by atoms with Crippen molar-refractivity contribution in [2.24, 2.45) is 0 Å². The number of hydrogen-bond donors (Lipinski definition) is 1. The van der Waals surface area contributed by atoms with Crippen LogP contribution in [0.15, 0.2) is 18.2 Å². The van der Waals surface area contributed by atoms with Crippen molar-refractivity contribution in [2.75, 3.05) is 11.2 Å². The molecular weight excluding hydrogens is 210 g/mol. The Balaban J connectivity index is 3.05. The highest BCUT2D eigenvalue weighted by Crippen LogP contribution is 2.22. The number of amides is 1. The van der Waals surface area contributed by atoms with Crippen LogP contribution < -0.4 is 5.32 Å². The number of hydrogen-bond acceptors (Lipinski definition) is 1. The molecule has 1 aromatic rings. The van der Waals surface area contributed by atoms with E-state index in [0.717, 1.165) is 29.7 Å². The number of rotatable bonds is 4. The maximum atomic E-state index is 11.3. The van der Waals surface area contributed by atoms with Gasteiger partial charge in [-0.1, -0.05) is 32.0 Å². The first-order valence-corrected chi connectivity index (χ1v) is 5.72. The molecule has 0 aliphatic rings. The third-order valence-corrected chi connectivity index (χ3v) is 2.63. The Bertz CT molecular complexity index is 327. The molecule has 0 saturated heterocycles. The van der Waals surface area contributed by atoms with Gasteiger partial charge in [-0.2, -0.15) is 0 Å². The Morgan fingerprint density at radius 1 is 1.27 bits per heavy atom. The second-order valence-electron chi connectivity index (χ2n) is 3.34. The molecule has 3 heteroatoms. The van der Waals surface area contributed by atoms with Gasteiger partial charge in [0.25, 0.3) is 0 Å². The molecule has 0 aliphatic heterocycles. The van der Waals surface area contributed by atoms with Crippen LogP contribution in [0.5, 0.6) is 0 Å². The van der Waals surface area contributed by atoms with Crippen molar-refractivity contribution in [2.45, 2.75) is 26.7 Å². The molecule has 0 heterocycles. The number of carbonyl (C=O) groups excluding carboxylic acids is 1. The minimum absolute atomic E-state index is 0.00119. The average Bonchev–Trinajstić information content (AvgIpc) is 2.29. The second kappa shape index (κ2) is 5.76. The van der Waals surface area contributed by atoms with Gasteiger partial charge in [0, 0.05) is 5.69 Å². The predicted octanol–water partition coefficient (Wildman–Crippen LogP) is 2.99. The number of anilines is 1. The van der Waals surface area contributed by atoms with E-state index in [4.69, 9.17) is 11.6 Å². The molecular formula is C12H16ClNO. The van der Waals surface area contributed by atoms with Crippen LogP contribution in [0.2, 0.25) is 0 Å². The fourth-order valence-corrected chi connectivity index (χ4v) is 1.64. The first-order chi connectivity index (χ1) is 7.22. The van der Waals surface area contributed by atoms with Crippen molar-refractivity contribution < 1.29 is 4.79 Å². The van der Waals surface area contributed by atoms with Crippen LogP contribution in [0.4, 0.5) is 5.69 Å². The summed E-state index contributed by atoms with van der Waals surface area (Å²) in [4.78, 5) is 11.3. The number of carbonyl (C=O) groups is 1. The van der Waals surface area contributed by atoms with E-state index in [0.29, 0.717) is 0 Å². The van der Waals surface area contributed by atoms with E-state index in [-0.39, 0.29) is 11.8 Å². The highest BCUT2D eigenvalue weighted by Gasteiger charge is 2.08. The second-order valence-corrected chi connectivity index (χ2v) is 3.61. The molecule has 0 radical (unpaired) electrons. The monoisotopic (exact) mass is 225 g/mol. The summed E-state index contributed by atoms with van der Waals surface area (Å²) < 4.78 is 0. The van der Waals surface area contributed by atoms with Crippen LogP contribution >= 0.6 is 11.6 Å². The van der Waals surface area contributed by atoms with Crippen LogP contribution in [-0.2, 0) is 17.6 Å². The zero-order chi connectivity index (χ0) is 11.3. The van der Waals surface area contributed by atoms with E-state index in [1.165, 1.54) is 0 Å². The molecule has 0 spiro atoms. The summed E-state index contributed by atoms with van der Waals surface area (Å²) in [6.45, 7) is 4.15. The number of para-hydroxylation sites is 1. The number of benzene rings is 1. The van der Waals surface area contributed by atoms with E-state index in [2.05, 4.69) is 19.2 Å². The first-order valence-electron chi connectivity index (χ1n) is 5.19. The molecule has 0 fully saturated rings. The number of halogens is 1. The molecule has 0 unspecified atom stereocenters. The largest absolute Gasteiger partial charge is 0.325 e. The fourth-order valence-electron chi connectivity index (χ4n) is 1.58. The fraction of sp³-hybridized carbons (Fsp3) is 0.417. The molecule has 1 N–H and O–H groups in total. The molecule has 0 saturated carbocycles. The van der Waals surface area contributed by atoms with Crippen LogP contribution in [-0.4, -0.2) is 11.8 Å². The summed E-state index contributed by atoms with van der Waals surface area (Å²) in [5.41, 5.74) is 3.26. The Kier molecular flexibility index (Phi) is 4.63. The van der Waals surface area contributed by atoms with Gasteiger partial charge in [-0.05, 0) is 24.0 Å². The molecule has 15 heavy (non-hydrogen) atoms. The van der Waals surface area contributed by atoms with E-state index in [9.17, 15) is 4.79 Å². The average molecular weight is 226 g/mol. The Morgan fingerprint density at radius 3 is 2.20 bits per heavy atom. The summed E-state index contributed by atoms with van der Waals surface area (Å²) in [5.74, 6) is -0.145. The van der Waals surface area contributed by atoms with Crippen molar-refractivity contribution in [3.63, 3.8) is 0 Å². The maximum Gasteiger partial charge on any atom is 0.239 e. The normalized spacial score (nSPS) is 10.1. The lowest BCUT2D eigenvalue weighted by molar-refractivity contribution is -0.113. The summed E-state index contributed by atoms with van der Waals surface area (Å²) in [7, 11) is 0. The molecule has 0 atom stereocenters. The van der Waals surface area contributed by atoms with Gasteiger partial charge in [0.05, 0.1) is 0 Å². The van der Waals surface area contributed by atoms with Crippen LogP contribution in [0.3, 0.4) is 0 Å². The Labute approximate surface area is 95.6 Å². The Morgan fingerprint density at radius 2 is 1.80 bits per heavy atom. The summed E-state index contributed by atoms with van der Waals surface area (Å²) in [6, 6.07) is 6.08. The molecule has 1 amide bonds. The molecule has 1 rings (SSSR count). The lowest BCUT2D eigenvalue weighted by Gasteiger charge is -2.13. The van der Waals surface area contributed by atoms with Gasteiger partial charge in [0.15, 0.2) is 0 Å². The zero-order valence-electron chi connectivity index (χ0n) is 9.14. The lowest BCUT2D eigenvalue weighted by Crippen LogP contribution is -2.15.